The van der Waals surface area contributed by atoms with Crippen LogP contribution >= 0.6 is 0 Å². The van der Waals surface area contributed by atoms with E-state index in [4.69, 9.17) is 0 Å². The Morgan fingerprint density at radius 3 is 2.79 bits per heavy atom. The molecule has 1 aromatic rings. The average molecular weight is 264 g/mol. The number of anilines is 1. The molecule has 19 heavy (non-hydrogen) atoms. The molecule has 0 saturated heterocycles. The Hall–Kier alpha value is -1.42. The zero-order valence-corrected chi connectivity index (χ0v) is 11.7. The molecule has 0 spiro atoms. The normalized spacial score (nSPS) is 17.6. The lowest BCUT2D eigenvalue weighted by atomic mass is 9.89. The Bertz CT molecular complexity index is 487. The van der Waals surface area contributed by atoms with Crippen molar-refractivity contribution in [2.75, 3.05) is 12.4 Å². The fraction of sp³-hybridized carbons (Fsp3) is 0.533. The fourth-order valence-corrected chi connectivity index (χ4v) is 2.64. The van der Waals surface area contributed by atoms with E-state index in [1.54, 1.807) is 0 Å². The van der Waals surface area contributed by atoms with Crippen molar-refractivity contribution in [1.82, 2.24) is 5.32 Å². The van der Waals surface area contributed by atoms with Gasteiger partial charge < -0.3 is 10.6 Å². The minimum Gasteiger partial charge on any atom is -0.326 e. The highest BCUT2D eigenvalue weighted by atomic mass is 19.1. The van der Waals surface area contributed by atoms with E-state index in [0.29, 0.717) is 30.0 Å². The lowest BCUT2D eigenvalue weighted by Crippen LogP contribution is -2.25. The molecule has 2 rings (SSSR count). The van der Waals surface area contributed by atoms with Crippen LogP contribution in [0.15, 0.2) is 12.1 Å². The molecular formula is C15H21FN2O. The van der Waals surface area contributed by atoms with Gasteiger partial charge in [0, 0.05) is 23.7 Å². The van der Waals surface area contributed by atoms with Crippen molar-refractivity contribution < 1.29 is 9.18 Å². The van der Waals surface area contributed by atoms with Crippen LogP contribution in [0.2, 0.25) is 0 Å². The van der Waals surface area contributed by atoms with Crippen molar-refractivity contribution in [3.8, 4) is 0 Å². The van der Waals surface area contributed by atoms with Gasteiger partial charge in [-0.1, -0.05) is 20.3 Å². The molecular weight excluding hydrogens is 243 g/mol. The Morgan fingerprint density at radius 2 is 2.16 bits per heavy atom. The monoisotopic (exact) mass is 264 g/mol. The van der Waals surface area contributed by atoms with Crippen LogP contribution in [-0.2, 0) is 11.2 Å². The number of hydrogen-bond acceptors (Lipinski definition) is 2. The summed E-state index contributed by atoms with van der Waals surface area (Å²) < 4.78 is 14.2. The van der Waals surface area contributed by atoms with Crippen LogP contribution in [0.3, 0.4) is 0 Å². The quantitative estimate of drug-likeness (QED) is 0.877. The molecule has 2 N–H and O–H groups in total. The second kappa shape index (κ2) is 5.70. The van der Waals surface area contributed by atoms with Crippen LogP contribution in [0.25, 0.3) is 0 Å². The van der Waals surface area contributed by atoms with Crippen molar-refractivity contribution in [1.29, 1.82) is 0 Å². The molecule has 0 bridgehead atoms. The van der Waals surface area contributed by atoms with Crippen molar-refractivity contribution in [2.45, 2.75) is 39.2 Å². The molecule has 0 saturated carbocycles. The van der Waals surface area contributed by atoms with E-state index in [-0.39, 0.29) is 17.8 Å². The number of rotatable bonds is 4. The van der Waals surface area contributed by atoms with Gasteiger partial charge in [0.2, 0.25) is 5.91 Å². The Labute approximate surface area is 113 Å². The lowest BCUT2D eigenvalue weighted by Gasteiger charge is -2.26. The third kappa shape index (κ3) is 2.78. The number of benzene rings is 1. The van der Waals surface area contributed by atoms with Gasteiger partial charge in [0.05, 0.1) is 0 Å². The summed E-state index contributed by atoms with van der Waals surface area (Å²) in [5.74, 6) is 0.0723. The van der Waals surface area contributed by atoms with Crippen LogP contribution in [0.1, 0.15) is 43.9 Å². The number of fused-ring (bicyclic) bond motifs is 1. The molecule has 1 aliphatic rings. The first kappa shape index (κ1) is 14.0. The molecule has 0 aliphatic carbocycles. The Morgan fingerprint density at radius 1 is 1.42 bits per heavy atom. The molecule has 104 valence electrons. The summed E-state index contributed by atoms with van der Waals surface area (Å²) in [4.78, 5) is 11.3. The summed E-state index contributed by atoms with van der Waals surface area (Å²) in [7, 11) is 1.86. The summed E-state index contributed by atoms with van der Waals surface area (Å²) in [6.07, 6.45) is 2.15. The van der Waals surface area contributed by atoms with E-state index < -0.39 is 0 Å². The number of aryl methyl sites for hydroxylation is 1. The van der Waals surface area contributed by atoms with E-state index in [9.17, 15) is 9.18 Å². The fourth-order valence-electron chi connectivity index (χ4n) is 2.64. The number of halogens is 1. The first-order chi connectivity index (χ1) is 9.06. The maximum absolute atomic E-state index is 14.2. The summed E-state index contributed by atoms with van der Waals surface area (Å²) in [6, 6.07) is 3.36. The Balaban J connectivity index is 2.39. The maximum atomic E-state index is 14.2. The standard InChI is InChI=1S/C15H21FN2O/c1-4-9(2)15(17-3)11-7-10-5-6-14(19)18-13(10)8-12(11)16/h7-9,15,17H,4-6H2,1-3H3,(H,18,19). The van der Waals surface area contributed by atoms with Crippen LogP contribution in [0.4, 0.5) is 10.1 Å². The van der Waals surface area contributed by atoms with Gasteiger partial charge in [-0.2, -0.15) is 0 Å². The van der Waals surface area contributed by atoms with Gasteiger partial charge in [-0.15, -0.1) is 0 Å². The smallest absolute Gasteiger partial charge is 0.224 e. The number of carbonyl (C=O) groups excluding carboxylic acids is 1. The summed E-state index contributed by atoms with van der Waals surface area (Å²) in [5.41, 5.74) is 2.35. The molecule has 1 amide bonds. The van der Waals surface area contributed by atoms with Gasteiger partial charge in [0.25, 0.3) is 0 Å². The van der Waals surface area contributed by atoms with Crippen LogP contribution < -0.4 is 10.6 Å². The van der Waals surface area contributed by atoms with Gasteiger partial charge in [0.15, 0.2) is 0 Å². The minimum atomic E-state index is -0.249. The molecule has 2 unspecified atom stereocenters. The maximum Gasteiger partial charge on any atom is 0.224 e. The van der Waals surface area contributed by atoms with Crippen molar-refractivity contribution in [2.24, 2.45) is 5.92 Å². The molecule has 0 radical (unpaired) electrons. The zero-order chi connectivity index (χ0) is 14.0. The minimum absolute atomic E-state index is 0.00734. The summed E-state index contributed by atoms with van der Waals surface area (Å²) in [6.45, 7) is 4.22. The molecule has 1 aliphatic heterocycles. The molecule has 4 heteroatoms. The average Bonchev–Trinajstić information content (AvgIpc) is 2.40. The number of carbonyl (C=O) groups is 1. The van der Waals surface area contributed by atoms with Crippen LogP contribution in [-0.4, -0.2) is 13.0 Å². The third-order valence-corrected chi connectivity index (χ3v) is 3.98. The van der Waals surface area contributed by atoms with Gasteiger partial charge >= 0.3 is 0 Å². The van der Waals surface area contributed by atoms with Gasteiger partial charge in [-0.05, 0) is 37.1 Å². The largest absolute Gasteiger partial charge is 0.326 e. The highest BCUT2D eigenvalue weighted by Gasteiger charge is 2.23. The highest BCUT2D eigenvalue weighted by molar-refractivity contribution is 5.93. The first-order valence-corrected chi connectivity index (χ1v) is 6.86. The molecule has 2 atom stereocenters. The molecule has 0 fully saturated rings. The predicted octanol–water partition coefficient (Wildman–Crippen LogP) is 3.02. The molecule has 1 heterocycles. The second-order valence-electron chi connectivity index (χ2n) is 5.23. The van der Waals surface area contributed by atoms with Crippen molar-refractivity contribution in [3.63, 3.8) is 0 Å². The molecule has 1 aromatic carbocycles. The first-order valence-electron chi connectivity index (χ1n) is 6.86. The molecule has 0 aromatic heterocycles. The van der Waals surface area contributed by atoms with E-state index in [2.05, 4.69) is 24.5 Å². The van der Waals surface area contributed by atoms with Gasteiger partial charge in [-0.25, -0.2) is 4.39 Å². The molecule has 3 nitrogen and oxygen atoms in total. The van der Waals surface area contributed by atoms with Gasteiger partial charge in [0.1, 0.15) is 5.82 Å². The Kier molecular flexibility index (Phi) is 4.20. The lowest BCUT2D eigenvalue weighted by molar-refractivity contribution is -0.116. The van der Waals surface area contributed by atoms with Crippen LogP contribution in [0, 0.1) is 11.7 Å². The second-order valence-corrected chi connectivity index (χ2v) is 5.23. The highest BCUT2D eigenvalue weighted by Crippen LogP contribution is 2.32. The van der Waals surface area contributed by atoms with Crippen molar-refractivity contribution in [3.05, 3.63) is 29.1 Å². The predicted molar refractivity (Wildman–Crippen MR) is 74.6 cm³/mol. The zero-order valence-electron chi connectivity index (χ0n) is 11.7. The van der Waals surface area contributed by atoms with E-state index in [0.717, 1.165) is 12.0 Å². The van der Waals surface area contributed by atoms with Crippen LogP contribution in [0.5, 0.6) is 0 Å². The van der Waals surface area contributed by atoms with Gasteiger partial charge in [-0.3, -0.25) is 4.79 Å². The van der Waals surface area contributed by atoms with E-state index >= 15 is 0 Å². The van der Waals surface area contributed by atoms with E-state index in [1.807, 2.05) is 13.1 Å². The topological polar surface area (TPSA) is 41.1 Å². The van der Waals surface area contributed by atoms with Crippen molar-refractivity contribution >= 4 is 11.6 Å². The number of amides is 1. The van der Waals surface area contributed by atoms with E-state index in [1.165, 1.54) is 6.07 Å². The number of hydrogen-bond donors (Lipinski definition) is 2. The number of nitrogens with one attached hydrogen (secondary N) is 2. The summed E-state index contributed by atoms with van der Waals surface area (Å²) in [5, 5.41) is 5.93. The SMILES string of the molecule is CCC(C)C(NC)c1cc2c(cc1F)NC(=O)CC2. The third-order valence-electron chi connectivity index (χ3n) is 3.98. The summed E-state index contributed by atoms with van der Waals surface area (Å²) >= 11 is 0.